The number of fused-ring (bicyclic) bond motifs is 1. The van der Waals surface area contributed by atoms with Crippen LogP contribution in [-0.4, -0.2) is 91.4 Å². The number of carbonyl (C=O) groups excluding carboxylic acids is 4. The minimum atomic E-state index is -0.486. The summed E-state index contributed by atoms with van der Waals surface area (Å²) >= 11 is 6.48. The summed E-state index contributed by atoms with van der Waals surface area (Å²) in [7, 11) is 1.40. The van der Waals surface area contributed by atoms with Crippen LogP contribution in [0, 0.1) is 24.7 Å². The van der Waals surface area contributed by atoms with Gasteiger partial charge in [0.2, 0.25) is 17.7 Å². The van der Waals surface area contributed by atoms with E-state index in [1.807, 2.05) is 47.1 Å². The summed E-state index contributed by atoms with van der Waals surface area (Å²) < 4.78 is 5.11. The van der Waals surface area contributed by atoms with Crippen molar-refractivity contribution in [1.82, 2.24) is 14.7 Å². The van der Waals surface area contributed by atoms with Gasteiger partial charge in [-0.15, -0.1) is 0 Å². The molecule has 3 fully saturated rings. The maximum atomic E-state index is 13.8. The molecule has 3 aliphatic heterocycles. The van der Waals surface area contributed by atoms with Gasteiger partial charge in [-0.2, -0.15) is 0 Å². The molecule has 2 N–H and O–H groups in total. The summed E-state index contributed by atoms with van der Waals surface area (Å²) in [5.74, 6) is 0.0128. The van der Waals surface area contributed by atoms with Gasteiger partial charge in [0, 0.05) is 74.3 Å². The predicted octanol–water partition coefficient (Wildman–Crippen LogP) is 4.10. The molecule has 0 aromatic heterocycles. The van der Waals surface area contributed by atoms with Gasteiger partial charge in [0.25, 0.3) is 0 Å². The van der Waals surface area contributed by atoms with E-state index >= 15 is 0 Å². The van der Waals surface area contributed by atoms with Crippen LogP contribution in [0.25, 0.3) is 0 Å². The molecular weight excluding hydrogens is 582 g/mol. The fourth-order valence-corrected chi connectivity index (χ4v) is 7.30. The molecule has 3 aliphatic rings. The number of anilines is 1. The molecule has 0 saturated carbocycles. The van der Waals surface area contributed by atoms with Gasteiger partial charge in [-0.05, 0) is 74.0 Å². The van der Waals surface area contributed by atoms with Crippen LogP contribution in [0.15, 0.2) is 42.5 Å². The monoisotopic (exact) mass is 623 g/mol. The molecule has 3 unspecified atom stereocenters. The molecule has 10 nitrogen and oxygen atoms in total. The number of amides is 4. The Hall–Kier alpha value is -3.63. The van der Waals surface area contributed by atoms with Crippen molar-refractivity contribution in [3.8, 4) is 0 Å². The molecule has 0 radical (unpaired) electrons. The van der Waals surface area contributed by atoms with E-state index in [-0.39, 0.29) is 41.7 Å². The molecule has 3 saturated heterocycles. The van der Waals surface area contributed by atoms with Crippen LogP contribution in [0.5, 0.6) is 0 Å². The highest BCUT2D eigenvalue weighted by Gasteiger charge is 2.49. The normalized spacial score (nSPS) is 22.1. The highest BCUT2D eigenvalue weighted by Crippen LogP contribution is 2.45. The van der Waals surface area contributed by atoms with Crippen LogP contribution in [0.1, 0.15) is 53.7 Å². The van der Waals surface area contributed by atoms with E-state index in [4.69, 9.17) is 22.1 Å². The van der Waals surface area contributed by atoms with Crippen LogP contribution < -0.4 is 10.6 Å². The summed E-state index contributed by atoms with van der Waals surface area (Å²) in [6.07, 6.45) is 1.74. The molecule has 236 valence electrons. The number of hydrogen-bond acceptors (Lipinski definition) is 6. The van der Waals surface area contributed by atoms with Gasteiger partial charge >= 0.3 is 6.09 Å². The average Bonchev–Trinajstić information content (AvgIpc) is 3.58. The summed E-state index contributed by atoms with van der Waals surface area (Å²) in [6, 6.07) is 12.8. The zero-order valence-electron chi connectivity index (χ0n) is 25.7. The van der Waals surface area contributed by atoms with E-state index in [2.05, 4.69) is 4.90 Å². The van der Waals surface area contributed by atoms with Gasteiger partial charge in [0.1, 0.15) is 0 Å². The molecule has 5 rings (SSSR count). The van der Waals surface area contributed by atoms with Crippen molar-refractivity contribution >= 4 is 41.1 Å². The van der Waals surface area contributed by atoms with E-state index in [1.165, 1.54) is 7.11 Å². The van der Waals surface area contributed by atoms with Crippen LogP contribution in [0.3, 0.4) is 0 Å². The Bertz CT molecular complexity index is 1390. The van der Waals surface area contributed by atoms with Crippen molar-refractivity contribution in [2.24, 2.45) is 23.5 Å². The van der Waals surface area contributed by atoms with E-state index in [1.54, 1.807) is 24.0 Å². The SMILES string of the molecule is COC(=O)N1CC2CN(CCCN(C(=O)C3CCN(C(C)=O)CC3)c3ccc(C)c(Cl)c3)CC2C1c1ccc(C(N)=O)cc1. The van der Waals surface area contributed by atoms with E-state index < -0.39 is 5.91 Å². The maximum absolute atomic E-state index is 13.8. The molecule has 11 heteroatoms. The van der Waals surface area contributed by atoms with Crippen molar-refractivity contribution in [1.29, 1.82) is 0 Å². The summed E-state index contributed by atoms with van der Waals surface area (Å²) in [4.78, 5) is 57.9. The molecule has 3 atom stereocenters. The van der Waals surface area contributed by atoms with Gasteiger partial charge in [0.05, 0.1) is 13.2 Å². The zero-order valence-corrected chi connectivity index (χ0v) is 26.5. The topological polar surface area (TPSA) is 116 Å². The lowest BCUT2D eigenvalue weighted by Crippen LogP contribution is -2.44. The van der Waals surface area contributed by atoms with Gasteiger partial charge < -0.3 is 30.1 Å². The Balaban J connectivity index is 1.26. The fraction of sp³-hybridized carbons (Fsp3) is 0.515. The number of primary amides is 1. The molecule has 3 heterocycles. The zero-order chi connectivity index (χ0) is 31.5. The lowest BCUT2D eigenvalue weighted by Gasteiger charge is -2.34. The molecule has 2 aromatic rings. The van der Waals surface area contributed by atoms with Crippen molar-refractivity contribution in [3.05, 3.63) is 64.2 Å². The summed E-state index contributed by atoms with van der Waals surface area (Å²) in [5, 5.41) is 0.629. The molecule has 44 heavy (non-hydrogen) atoms. The third-order valence-corrected chi connectivity index (χ3v) is 9.97. The number of benzene rings is 2. The number of methoxy groups -OCH3 is 1. The second-order valence-corrected chi connectivity index (χ2v) is 12.7. The number of carbonyl (C=O) groups is 4. The quantitative estimate of drug-likeness (QED) is 0.473. The number of aryl methyl sites for hydroxylation is 1. The highest BCUT2D eigenvalue weighted by atomic mass is 35.5. The lowest BCUT2D eigenvalue weighted by molar-refractivity contribution is -0.133. The summed E-state index contributed by atoms with van der Waals surface area (Å²) in [6.45, 7) is 8.34. The van der Waals surface area contributed by atoms with E-state index in [9.17, 15) is 19.2 Å². The Kier molecular flexibility index (Phi) is 9.80. The number of ether oxygens (including phenoxy) is 1. The van der Waals surface area contributed by atoms with Crippen molar-refractivity contribution < 1.29 is 23.9 Å². The fourth-order valence-electron chi connectivity index (χ4n) is 7.13. The average molecular weight is 624 g/mol. The number of likely N-dealkylation sites (tertiary alicyclic amines) is 3. The first kappa shape index (κ1) is 31.8. The number of nitrogens with zero attached hydrogens (tertiary/aromatic N) is 4. The van der Waals surface area contributed by atoms with E-state index in [0.717, 1.165) is 42.9 Å². The first-order valence-electron chi connectivity index (χ1n) is 15.4. The van der Waals surface area contributed by atoms with Crippen LogP contribution in [-0.2, 0) is 14.3 Å². The predicted molar refractivity (Wildman–Crippen MR) is 168 cm³/mol. The second-order valence-electron chi connectivity index (χ2n) is 12.3. The largest absolute Gasteiger partial charge is 0.453 e. The third kappa shape index (κ3) is 6.71. The highest BCUT2D eigenvalue weighted by molar-refractivity contribution is 6.31. The standard InChI is InChI=1S/C33H42ClN5O5/c1-21-5-10-27(17-29(21)34)38(32(42)25-11-15-37(16-12-25)22(2)40)14-4-13-36-18-26-19-39(33(43)44-3)30(28(26)20-36)23-6-8-24(9-7-23)31(35)41/h5-10,17,25-26,28,30H,4,11-16,18-20H2,1-3H3,(H2,35,41). The first-order valence-corrected chi connectivity index (χ1v) is 15.7. The Labute approximate surface area is 264 Å². The number of hydrogen-bond donors (Lipinski definition) is 1. The molecule has 4 amide bonds. The molecule has 0 bridgehead atoms. The van der Waals surface area contributed by atoms with Crippen molar-refractivity contribution in [2.75, 3.05) is 57.8 Å². The van der Waals surface area contributed by atoms with Crippen LogP contribution in [0.2, 0.25) is 5.02 Å². The van der Waals surface area contributed by atoms with Crippen LogP contribution in [0.4, 0.5) is 10.5 Å². The minimum absolute atomic E-state index is 0.0491. The van der Waals surface area contributed by atoms with E-state index in [0.29, 0.717) is 49.6 Å². The van der Waals surface area contributed by atoms with Gasteiger partial charge in [-0.1, -0.05) is 29.8 Å². The molecule has 2 aromatic carbocycles. The van der Waals surface area contributed by atoms with Crippen LogP contribution >= 0.6 is 11.6 Å². The molecule has 0 aliphatic carbocycles. The number of piperidine rings is 1. The maximum Gasteiger partial charge on any atom is 0.410 e. The third-order valence-electron chi connectivity index (χ3n) is 9.56. The lowest BCUT2D eigenvalue weighted by atomic mass is 9.89. The molecule has 0 spiro atoms. The Morgan fingerprint density at radius 3 is 2.34 bits per heavy atom. The minimum Gasteiger partial charge on any atom is -0.453 e. The Morgan fingerprint density at radius 2 is 1.73 bits per heavy atom. The van der Waals surface area contributed by atoms with Gasteiger partial charge in [-0.3, -0.25) is 14.4 Å². The van der Waals surface area contributed by atoms with Crippen molar-refractivity contribution in [2.45, 2.75) is 39.2 Å². The van der Waals surface area contributed by atoms with Crippen molar-refractivity contribution in [3.63, 3.8) is 0 Å². The Morgan fingerprint density at radius 1 is 1.02 bits per heavy atom. The second kappa shape index (κ2) is 13.6. The molecular formula is C33H42ClN5O5. The number of nitrogens with two attached hydrogens (primary N) is 1. The smallest absolute Gasteiger partial charge is 0.410 e. The number of rotatable bonds is 8. The first-order chi connectivity index (χ1) is 21.1. The van der Waals surface area contributed by atoms with Gasteiger partial charge in [0.15, 0.2) is 0 Å². The number of halogens is 1. The summed E-state index contributed by atoms with van der Waals surface area (Å²) in [5.41, 5.74) is 8.58. The van der Waals surface area contributed by atoms with Gasteiger partial charge in [-0.25, -0.2) is 4.79 Å².